The van der Waals surface area contributed by atoms with Crippen LogP contribution in [-0.4, -0.2) is 47.1 Å². The van der Waals surface area contributed by atoms with Crippen LogP contribution >= 0.6 is 11.8 Å². The van der Waals surface area contributed by atoms with Gasteiger partial charge in [-0.3, -0.25) is 9.59 Å². The van der Waals surface area contributed by atoms with Gasteiger partial charge in [-0.05, 0) is 0 Å². The van der Waals surface area contributed by atoms with Crippen molar-refractivity contribution < 1.29 is 14.0 Å². The number of piperazine rings is 1. The minimum Gasteiger partial charge on any atom is -0.431 e. The molecule has 7 heteroatoms. The minimum absolute atomic E-state index is 0.0967. The molecule has 0 bridgehead atoms. The highest BCUT2D eigenvalue weighted by Crippen LogP contribution is 2.35. The first-order valence-corrected chi connectivity index (χ1v) is 9.98. The first-order valence-electron chi connectivity index (χ1n) is 8.99. The fourth-order valence-electron chi connectivity index (χ4n) is 3.01. The number of carbonyl (C=O) groups is 2. The van der Waals surface area contributed by atoms with Crippen LogP contribution in [0.15, 0.2) is 70.3 Å². The van der Waals surface area contributed by atoms with Gasteiger partial charge in [0.1, 0.15) is 5.69 Å². The van der Waals surface area contributed by atoms with Crippen molar-refractivity contribution in [1.29, 1.82) is 0 Å². The Bertz CT molecular complexity index is 916. The molecule has 1 fully saturated rings. The van der Waals surface area contributed by atoms with E-state index < -0.39 is 0 Å². The Labute approximate surface area is 166 Å². The monoisotopic (exact) mass is 393 g/mol. The molecule has 2 heterocycles. The number of nitrogens with one attached hydrogen (secondary N) is 1. The lowest BCUT2D eigenvalue weighted by molar-refractivity contribution is -0.136. The summed E-state index contributed by atoms with van der Waals surface area (Å²) in [5.74, 6) is 0.633. The molecule has 0 saturated carbocycles. The fraction of sp³-hybridized carbons (Fsp3) is 0.190. The van der Waals surface area contributed by atoms with Crippen molar-refractivity contribution in [2.45, 2.75) is 5.22 Å². The van der Waals surface area contributed by atoms with E-state index in [-0.39, 0.29) is 24.1 Å². The molecule has 6 nitrogen and oxygen atoms in total. The lowest BCUT2D eigenvalue weighted by Crippen LogP contribution is -2.50. The van der Waals surface area contributed by atoms with Crippen molar-refractivity contribution in [3.63, 3.8) is 0 Å². The molecule has 142 valence electrons. The summed E-state index contributed by atoms with van der Waals surface area (Å²) in [5.41, 5.74) is 2.63. The molecule has 1 saturated heterocycles. The summed E-state index contributed by atoms with van der Waals surface area (Å²) >= 11 is 1.25. The van der Waals surface area contributed by atoms with Crippen molar-refractivity contribution >= 4 is 23.6 Å². The molecule has 2 amide bonds. The Morgan fingerprint density at radius 3 is 2.43 bits per heavy atom. The van der Waals surface area contributed by atoms with E-state index in [1.54, 1.807) is 4.90 Å². The Hall–Kier alpha value is -3.06. The third-order valence-electron chi connectivity index (χ3n) is 4.40. The van der Waals surface area contributed by atoms with Gasteiger partial charge in [0, 0.05) is 24.2 Å². The molecule has 0 radical (unpaired) electrons. The second-order valence-electron chi connectivity index (χ2n) is 6.34. The van der Waals surface area contributed by atoms with Crippen molar-refractivity contribution in [2.75, 3.05) is 25.4 Å². The highest BCUT2D eigenvalue weighted by molar-refractivity contribution is 7.99. The maximum atomic E-state index is 12.4. The van der Waals surface area contributed by atoms with Gasteiger partial charge in [-0.25, -0.2) is 4.98 Å². The molecule has 28 heavy (non-hydrogen) atoms. The number of rotatable bonds is 5. The van der Waals surface area contributed by atoms with E-state index in [1.807, 2.05) is 60.7 Å². The number of nitrogens with zero attached hydrogens (tertiary/aromatic N) is 2. The zero-order valence-corrected chi connectivity index (χ0v) is 15.9. The number of amides is 2. The summed E-state index contributed by atoms with van der Waals surface area (Å²) in [4.78, 5) is 30.1. The molecule has 0 unspecified atom stereocenters. The molecule has 1 aromatic heterocycles. The second kappa shape index (κ2) is 8.31. The van der Waals surface area contributed by atoms with E-state index in [0.717, 1.165) is 16.8 Å². The molecule has 1 aliphatic heterocycles. The lowest BCUT2D eigenvalue weighted by atomic mass is 10.1. The normalized spacial score (nSPS) is 14.0. The van der Waals surface area contributed by atoms with Gasteiger partial charge >= 0.3 is 0 Å². The van der Waals surface area contributed by atoms with Crippen molar-refractivity contribution in [3.8, 4) is 22.6 Å². The third-order valence-corrected chi connectivity index (χ3v) is 5.21. The van der Waals surface area contributed by atoms with Crippen LogP contribution in [0, 0.1) is 0 Å². The third kappa shape index (κ3) is 4.09. The van der Waals surface area contributed by atoms with Crippen molar-refractivity contribution in [2.24, 2.45) is 0 Å². The first kappa shape index (κ1) is 18.3. The van der Waals surface area contributed by atoms with Crippen LogP contribution in [-0.2, 0) is 9.59 Å². The van der Waals surface area contributed by atoms with E-state index in [4.69, 9.17) is 4.42 Å². The summed E-state index contributed by atoms with van der Waals surface area (Å²) in [7, 11) is 0. The van der Waals surface area contributed by atoms with Crippen molar-refractivity contribution in [3.05, 3.63) is 60.7 Å². The van der Waals surface area contributed by atoms with E-state index in [2.05, 4.69) is 10.3 Å². The molecule has 1 aliphatic rings. The summed E-state index contributed by atoms with van der Waals surface area (Å²) < 4.78 is 6.02. The van der Waals surface area contributed by atoms with Crippen LogP contribution in [0.3, 0.4) is 0 Å². The van der Waals surface area contributed by atoms with Gasteiger partial charge < -0.3 is 14.6 Å². The Morgan fingerprint density at radius 1 is 1.07 bits per heavy atom. The minimum atomic E-state index is -0.126. The van der Waals surface area contributed by atoms with Gasteiger partial charge in [0.05, 0.1) is 12.3 Å². The number of hydrogen-bond acceptors (Lipinski definition) is 5. The number of aromatic nitrogens is 1. The number of benzene rings is 2. The summed E-state index contributed by atoms with van der Waals surface area (Å²) in [6.07, 6.45) is 0. The average molecular weight is 393 g/mol. The van der Waals surface area contributed by atoms with E-state index in [9.17, 15) is 9.59 Å². The summed E-state index contributed by atoms with van der Waals surface area (Å²) in [6, 6.07) is 19.6. The van der Waals surface area contributed by atoms with Gasteiger partial charge in [-0.1, -0.05) is 72.4 Å². The quantitative estimate of drug-likeness (QED) is 0.675. The SMILES string of the molecule is O=C1CN(C(=O)CSc2nc(-c3ccccc3)c(-c3ccccc3)o2)CCN1. The summed E-state index contributed by atoms with van der Waals surface area (Å²) in [5, 5.41) is 3.15. The van der Waals surface area contributed by atoms with Crippen LogP contribution in [0.5, 0.6) is 0 Å². The van der Waals surface area contributed by atoms with Gasteiger partial charge in [-0.15, -0.1) is 0 Å². The second-order valence-corrected chi connectivity index (χ2v) is 7.27. The average Bonchev–Trinajstić information content (AvgIpc) is 3.18. The standard InChI is InChI=1S/C21H19N3O3S/c25-17-13-24(12-11-22-17)18(26)14-28-21-23-19(15-7-3-1-4-8-15)20(27-21)16-9-5-2-6-10-16/h1-10H,11-14H2,(H,22,25). The number of hydrogen-bond donors (Lipinski definition) is 1. The van der Waals surface area contributed by atoms with Crippen LogP contribution in [0.1, 0.15) is 0 Å². The van der Waals surface area contributed by atoms with Gasteiger partial charge in [0.2, 0.25) is 11.8 Å². The van der Waals surface area contributed by atoms with Crippen LogP contribution in [0.25, 0.3) is 22.6 Å². The smallest absolute Gasteiger partial charge is 0.257 e. The predicted molar refractivity (Wildman–Crippen MR) is 108 cm³/mol. The fourth-order valence-corrected chi connectivity index (χ4v) is 3.73. The van der Waals surface area contributed by atoms with E-state index in [0.29, 0.717) is 24.1 Å². The topological polar surface area (TPSA) is 75.4 Å². The molecule has 0 atom stereocenters. The Balaban J connectivity index is 1.56. The molecule has 4 rings (SSSR count). The van der Waals surface area contributed by atoms with E-state index >= 15 is 0 Å². The summed E-state index contributed by atoms with van der Waals surface area (Å²) in [6.45, 7) is 1.13. The maximum Gasteiger partial charge on any atom is 0.257 e. The highest BCUT2D eigenvalue weighted by Gasteiger charge is 2.23. The molecular weight excluding hydrogens is 374 g/mol. The van der Waals surface area contributed by atoms with E-state index in [1.165, 1.54) is 11.8 Å². The molecule has 1 N–H and O–H groups in total. The highest BCUT2D eigenvalue weighted by atomic mass is 32.2. The van der Waals surface area contributed by atoms with Gasteiger partial charge in [-0.2, -0.15) is 0 Å². The Kier molecular flexibility index (Phi) is 5.43. The molecule has 2 aromatic carbocycles. The van der Waals surface area contributed by atoms with Gasteiger partial charge in [0.25, 0.3) is 5.22 Å². The molecule has 3 aromatic rings. The van der Waals surface area contributed by atoms with Gasteiger partial charge in [0.15, 0.2) is 5.76 Å². The first-order chi connectivity index (χ1) is 13.7. The molecule has 0 aliphatic carbocycles. The predicted octanol–water partition coefficient (Wildman–Crippen LogP) is 3.06. The number of carbonyl (C=O) groups excluding carboxylic acids is 2. The molecular formula is C21H19N3O3S. The lowest BCUT2D eigenvalue weighted by Gasteiger charge is -2.26. The largest absolute Gasteiger partial charge is 0.431 e. The molecule has 0 spiro atoms. The van der Waals surface area contributed by atoms with Crippen LogP contribution in [0.4, 0.5) is 0 Å². The number of oxazole rings is 1. The van der Waals surface area contributed by atoms with Crippen LogP contribution < -0.4 is 5.32 Å². The Morgan fingerprint density at radius 2 is 1.75 bits per heavy atom. The number of thioether (sulfide) groups is 1. The van der Waals surface area contributed by atoms with Crippen molar-refractivity contribution in [1.82, 2.24) is 15.2 Å². The van der Waals surface area contributed by atoms with Crippen LogP contribution in [0.2, 0.25) is 0 Å². The maximum absolute atomic E-state index is 12.4. The zero-order chi connectivity index (χ0) is 19.3. The zero-order valence-electron chi connectivity index (χ0n) is 15.1.